The normalized spacial score (nSPS) is 10.2. The lowest BCUT2D eigenvalue weighted by molar-refractivity contribution is 0.101. The second-order valence-electron chi connectivity index (χ2n) is 3.84. The maximum atomic E-state index is 11.4. The van der Waals surface area contributed by atoms with Crippen molar-refractivity contribution in [2.45, 2.75) is 6.92 Å². The van der Waals surface area contributed by atoms with Crippen molar-refractivity contribution in [3.8, 4) is 16.9 Å². The molecule has 0 aliphatic heterocycles. The minimum absolute atomic E-state index is 0.0821. The molecule has 3 nitrogen and oxygen atoms in total. The Balaban J connectivity index is 2.69. The molecule has 0 unspecified atom stereocenters. The Morgan fingerprint density at radius 2 is 1.76 bits per heavy atom. The van der Waals surface area contributed by atoms with Crippen molar-refractivity contribution in [3.05, 3.63) is 48.0 Å². The highest BCUT2D eigenvalue weighted by molar-refractivity contribution is 6.03. The number of carbonyl (C=O) groups is 1. The molecule has 2 aromatic carbocycles. The Morgan fingerprint density at radius 3 is 2.35 bits per heavy atom. The topological polar surface area (TPSA) is 63.3 Å². The molecular formula is C14H13NO2. The molecule has 0 amide bonds. The molecule has 0 heterocycles. The van der Waals surface area contributed by atoms with Gasteiger partial charge in [0.1, 0.15) is 5.75 Å². The standard InChI is InChI=1S/C14H13NO2/c1-9(16)11-7-8-12(17)13(14(11)15)10-5-3-2-4-6-10/h2-8,17H,15H2,1H3. The minimum atomic E-state index is -0.111. The van der Waals surface area contributed by atoms with E-state index in [-0.39, 0.29) is 11.5 Å². The molecule has 17 heavy (non-hydrogen) atoms. The first-order chi connectivity index (χ1) is 8.11. The van der Waals surface area contributed by atoms with Crippen LogP contribution in [0.4, 0.5) is 5.69 Å². The highest BCUT2D eigenvalue weighted by Crippen LogP contribution is 2.36. The van der Waals surface area contributed by atoms with Gasteiger partial charge >= 0.3 is 0 Å². The van der Waals surface area contributed by atoms with Gasteiger partial charge in [-0.1, -0.05) is 30.3 Å². The van der Waals surface area contributed by atoms with E-state index in [1.165, 1.54) is 13.0 Å². The van der Waals surface area contributed by atoms with Gasteiger partial charge in [0.2, 0.25) is 0 Å². The van der Waals surface area contributed by atoms with E-state index in [0.717, 1.165) is 5.56 Å². The van der Waals surface area contributed by atoms with Crippen molar-refractivity contribution in [1.29, 1.82) is 0 Å². The van der Waals surface area contributed by atoms with Crippen molar-refractivity contribution in [3.63, 3.8) is 0 Å². The Hall–Kier alpha value is -2.29. The number of hydrogen-bond acceptors (Lipinski definition) is 3. The highest BCUT2D eigenvalue weighted by Gasteiger charge is 2.14. The van der Waals surface area contributed by atoms with Gasteiger partial charge in [0, 0.05) is 11.1 Å². The highest BCUT2D eigenvalue weighted by atomic mass is 16.3. The van der Waals surface area contributed by atoms with E-state index in [1.807, 2.05) is 30.3 Å². The molecule has 0 bridgehead atoms. The molecule has 3 heteroatoms. The third-order valence-corrected chi connectivity index (χ3v) is 2.67. The van der Waals surface area contributed by atoms with Crippen LogP contribution in [0.5, 0.6) is 5.75 Å². The van der Waals surface area contributed by atoms with Gasteiger partial charge in [-0.3, -0.25) is 4.79 Å². The van der Waals surface area contributed by atoms with Crippen molar-refractivity contribution >= 4 is 11.5 Å². The number of benzene rings is 2. The third-order valence-electron chi connectivity index (χ3n) is 2.67. The first-order valence-corrected chi connectivity index (χ1v) is 5.29. The number of rotatable bonds is 2. The second kappa shape index (κ2) is 4.29. The SMILES string of the molecule is CC(=O)c1ccc(O)c(-c2ccccc2)c1N. The van der Waals surface area contributed by atoms with Gasteiger partial charge < -0.3 is 10.8 Å². The molecule has 0 saturated carbocycles. The van der Waals surface area contributed by atoms with E-state index in [1.54, 1.807) is 6.07 Å². The average Bonchev–Trinajstić information content (AvgIpc) is 2.30. The molecule has 0 atom stereocenters. The fraction of sp³-hybridized carbons (Fsp3) is 0.0714. The van der Waals surface area contributed by atoms with Gasteiger partial charge in [-0.05, 0) is 24.6 Å². The van der Waals surface area contributed by atoms with E-state index < -0.39 is 0 Å². The number of anilines is 1. The predicted octanol–water partition coefficient (Wildman–Crippen LogP) is 2.84. The largest absolute Gasteiger partial charge is 0.507 e. The van der Waals surface area contributed by atoms with Crippen molar-refractivity contribution < 1.29 is 9.90 Å². The van der Waals surface area contributed by atoms with Crippen LogP contribution >= 0.6 is 0 Å². The number of Topliss-reactive ketones (excluding diaryl/α,β-unsaturated/α-hetero) is 1. The van der Waals surface area contributed by atoms with Gasteiger partial charge in [-0.25, -0.2) is 0 Å². The van der Waals surface area contributed by atoms with Crippen LogP contribution in [0.2, 0.25) is 0 Å². The number of nitrogens with two attached hydrogens (primary N) is 1. The van der Waals surface area contributed by atoms with Crippen LogP contribution < -0.4 is 5.73 Å². The number of phenols is 1. The summed E-state index contributed by atoms with van der Waals surface area (Å²) in [5, 5.41) is 9.86. The van der Waals surface area contributed by atoms with Gasteiger partial charge in [0.25, 0.3) is 0 Å². The van der Waals surface area contributed by atoms with Crippen LogP contribution in [-0.2, 0) is 0 Å². The lowest BCUT2D eigenvalue weighted by atomic mass is 9.98. The summed E-state index contributed by atoms with van der Waals surface area (Å²) < 4.78 is 0. The maximum absolute atomic E-state index is 11.4. The summed E-state index contributed by atoms with van der Waals surface area (Å²) in [6.45, 7) is 1.46. The maximum Gasteiger partial charge on any atom is 0.161 e. The Kier molecular flexibility index (Phi) is 2.83. The lowest BCUT2D eigenvalue weighted by Gasteiger charge is -2.11. The Bertz CT molecular complexity index is 562. The van der Waals surface area contributed by atoms with E-state index in [9.17, 15) is 9.90 Å². The van der Waals surface area contributed by atoms with Gasteiger partial charge in [-0.2, -0.15) is 0 Å². The molecule has 0 aliphatic carbocycles. The molecular weight excluding hydrogens is 214 g/mol. The van der Waals surface area contributed by atoms with Crippen LogP contribution in [0.15, 0.2) is 42.5 Å². The first-order valence-electron chi connectivity index (χ1n) is 5.29. The minimum Gasteiger partial charge on any atom is -0.507 e. The van der Waals surface area contributed by atoms with Crippen LogP contribution in [-0.4, -0.2) is 10.9 Å². The molecule has 3 N–H and O–H groups in total. The molecule has 2 aromatic rings. The van der Waals surface area contributed by atoms with Crippen LogP contribution in [0.3, 0.4) is 0 Å². The average molecular weight is 227 g/mol. The molecule has 0 saturated heterocycles. The summed E-state index contributed by atoms with van der Waals surface area (Å²) >= 11 is 0. The Labute approximate surface area is 99.5 Å². The molecule has 0 aliphatic rings. The van der Waals surface area contributed by atoms with Crippen LogP contribution in [0.1, 0.15) is 17.3 Å². The van der Waals surface area contributed by atoms with Gasteiger partial charge in [0.05, 0.1) is 5.69 Å². The zero-order valence-electron chi connectivity index (χ0n) is 9.47. The summed E-state index contributed by atoms with van der Waals surface area (Å²) in [4.78, 5) is 11.4. The summed E-state index contributed by atoms with van der Waals surface area (Å²) in [7, 11) is 0. The van der Waals surface area contributed by atoms with E-state index in [0.29, 0.717) is 16.8 Å². The predicted molar refractivity (Wildman–Crippen MR) is 68.0 cm³/mol. The first kappa shape index (κ1) is 11.2. The van der Waals surface area contributed by atoms with Crippen LogP contribution in [0.25, 0.3) is 11.1 Å². The van der Waals surface area contributed by atoms with Crippen molar-refractivity contribution in [1.82, 2.24) is 0 Å². The molecule has 0 fully saturated rings. The lowest BCUT2D eigenvalue weighted by Crippen LogP contribution is -2.01. The summed E-state index contributed by atoms with van der Waals surface area (Å²) in [5.74, 6) is -0.0293. The number of hydrogen-bond donors (Lipinski definition) is 2. The zero-order valence-corrected chi connectivity index (χ0v) is 9.47. The molecule has 0 spiro atoms. The molecule has 0 radical (unpaired) electrons. The Morgan fingerprint density at radius 1 is 1.12 bits per heavy atom. The van der Waals surface area contributed by atoms with Crippen LogP contribution in [0, 0.1) is 0 Å². The quantitative estimate of drug-likeness (QED) is 0.612. The second-order valence-corrected chi connectivity index (χ2v) is 3.84. The smallest absolute Gasteiger partial charge is 0.161 e. The fourth-order valence-corrected chi connectivity index (χ4v) is 1.82. The summed E-state index contributed by atoms with van der Waals surface area (Å²) in [5.41, 5.74) is 8.00. The van der Waals surface area contributed by atoms with Crippen molar-refractivity contribution in [2.24, 2.45) is 0 Å². The monoisotopic (exact) mass is 227 g/mol. The van der Waals surface area contributed by atoms with E-state index >= 15 is 0 Å². The molecule has 2 rings (SSSR count). The number of aromatic hydroxyl groups is 1. The molecule has 0 aromatic heterocycles. The van der Waals surface area contributed by atoms with Crippen molar-refractivity contribution in [2.75, 3.05) is 5.73 Å². The third kappa shape index (κ3) is 1.99. The number of carbonyl (C=O) groups excluding carboxylic acids is 1. The van der Waals surface area contributed by atoms with Gasteiger partial charge in [-0.15, -0.1) is 0 Å². The zero-order chi connectivity index (χ0) is 12.4. The van der Waals surface area contributed by atoms with E-state index in [2.05, 4.69) is 0 Å². The number of nitrogen functional groups attached to an aromatic ring is 1. The fourth-order valence-electron chi connectivity index (χ4n) is 1.82. The molecule has 86 valence electrons. The summed E-state index contributed by atoms with van der Waals surface area (Å²) in [6, 6.07) is 12.3. The number of phenolic OH excluding ortho intramolecular Hbond substituents is 1. The number of ketones is 1. The summed E-state index contributed by atoms with van der Waals surface area (Å²) in [6.07, 6.45) is 0. The van der Waals surface area contributed by atoms with E-state index in [4.69, 9.17) is 5.73 Å². The van der Waals surface area contributed by atoms with Gasteiger partial charge in [0.15, 0.2) is 5.78 Å².